The van der Waals surface area contributed by atoms with Crippen LogP contribution in [0, 0.1) is 11.8 Å². The van der Waals surface area contributed by atoms with Gasteiger partial charge in [-0.05, 0) is 55.4 Å². The third-order valence-electron chi connectivity index (χ3n) is 6.55. The number of rotatable bonds is 8. The average molecular weight is 421 g/mol. The summed E-state index contributed by atoms with van der Waals surface area (Å²) in [7, 11) is 0. The monoisotopic (exact) mass is 421 g/mol. The molecule has 0 unspecified atom stereocenters. The highest BCUT2D eigenvalue weighted by atomic mass is 16.7. The zero-order chi connectivity index (χ0) is 21.4. The van der Waals surface area contributed by atoms with Gasteiger partial charge in [0.15, 0.2) is 11.5 Å². The van der Waals surface area contributed by atoms with Crippen molar-refractivity contribution in [1.82, 2.24) is 4.90 Å². The van der Waals surface area contributed by atoms with Gasteiger partial charge in [0.05, 0.1) is 17.9 Å². The highest BCUT2D eigenvalue weighted by molar-refractivity contribution is 5.91. The summed E-state index contributed by atoms with van der Waals surface area (Å²) in [6.07, 6.45) is 2.50. The van der Waals surface area contributed by atoms with Gasteiger partial charge in [-0.1, -0.05) is 36.4 Å². The van der Waals surface area contributed by atoms with Crippen LogP contribution in [0.4, 0.5) is 0 Å². The van der Waals surface area contributed by atoms with E-state index in [0.717, 1.165) is 36.1 Å². The van der Waals surface area contributed by atoms with Crippen molar-refractivity contribution in [2.45, 2.75) is 38.1 Å². The number of carbonyl (C=O) groups is 2. The molecule has 31 heavy (non-hydrogen) atoms. The van der Waals surface area contributed by atoms with Gasteiger partial charge in [0.2, 0.25) is 12.7 Å². The van der Waals surface area contributed by atoms with Gasteiger partial charge < -0.3 is 19.1 Å². The van der Waals surface area contributed by atoms with Crippen molar-refractivity contribution in [2.24, 2.45) is 11.8 Å². The molecule has 1 amide bonds. The molecule has 6 nitrogen and oxygen atoms in total. The summed E-state index contributed by atoms with van der Waals surface area (Å²) in [6.45, 7) is 3.48. The Morgan fingerprint density at radius 1 is 1.10 bits per heavy atom. The Morgan fingerprint density at radius 2 is 1.87 bits per heavy atom. The van der Waals surface area contributed by atoms with Gasteiger partial charge in [0.25, 0.3) is 0 Å². The van der Waals surface area contributed by atoms with Crippen LogP contribution in [0.2, 0.25) is 0 Å². The first kappa shape index (κ1) is 19.9. The minimum absolute atomic E-state index is 0.0983. The molecule has 2 saturated carbocycles. The molecule has 0 bridgehead atoms. The second-order valence-corrected chi connectivity index (χ2v) is 8.68. The molecule has 0 saturated heterocycles. The van der Waals surface area contributed by atoms with Crippen LogP contribution in [-0.4, -0.2) is 36.7 Å². The normalized spacial score (nSPS) is 22.0. The Morgan fingerprint density at radius 3 is 2.61 bits per heavy atom. The van der Waals surface area contributed by atoms with Crippen LogP contribution in [0.25, 0.3) is 0 Å². The Labute approximate surface area is 182 Å². The van der Waals surface area contributed by atoms with Crippen LogP contribution >= 0.6 is 0 Å². The van der Waals surface area contributed by atoms with Gasteiger partial charge in [-0.3, -0.25) is 9.59 Å². The molecule has 162 valence electrons. The first-order valence-corrected chi connectivity index (χ1v) is 11.0. The molecule has 0 aromatic heterocycles. The van der Waals surface area contributed by atoms with E-state index < -0.39 is 5.41 Å². The van der Waals surface area contributed by atoms with Gasteiger partial charge in [-0.2, -0.15) is 0 Å². The Kier molecular flexibility index (Phi) is 5.08. The maximum atomic E-state index is 13.8. The molecular weight excluding hydrogens is 394 g/mol. The molecule has 2 aromatic rings. The van der Waals surface area contributed by atoms with Crippen LogP contribution in [0.5, 0.6) is 11.5 Å². The van der Waals surface area contributed by atoms with Gasteiger partial charge in [0.1, 0.15) is 0 Å². The first-order chi connectivity index (χ1) is 15.1. The predicted octanol–water partition coefficient (Wildman–Crippen LogP) is 3.67. The molecule has 0 spiro atoms. The Bertz CT molecular complexity index is 985. The van der Waals surface area contributed by atoms with E-state index in [-0.39, 0.29) is 30.5 Å². The molecule has 2 atom stereocenters. The van der Waals surface area contributed by atoms with Crippen LogP contribution < -0.4 is 9.47 Å². The minimum Gasteiger partial charge on any atom is -0.466 e. The van der Waals surface area contributed by atoms with E-state index in [9.17, 15) is 9.59 Å². The molecule has 1 aliphatic heterocycles. The van der Waals surface area contributed by atoms with E-state index in [2.05, 4.69) is 0 Å². The molecule has 5 rings (SSSR count). The quantitative estimate of drug-likeness (QED) is 0.609. The first-order valence-electron chi connectivity index (χ1n) is 11.0. The van der Waals surface area contributed by atoms with E-state index in [1.165, 1.54) is 0 Å². The summed E-state index contributed by atoms with van der Waals surface area (Å²) in [4.78, 5) is 27.8. The predicted molar refractivity (Wildman–Crippen MR) is 114 cm³/mol. The van der Waals surface area contributed by atoms with Crippen LogP contribution in [0.3, 0.4) is 0 Å². The Balaban J connectivity index is 1.37. The molecule has 6 heteroatoms. The number of carbonyl (C=O) groups excluding carboxylic acids is 2. The number of fused-ring (bicyclic) bond motifs is 1. The van der Waals surface area contributed by atoms with Gasteiger partial charge in [-0.15, -0.1) is 0 Å². The van der Waals surface area contributed by atoms with E-state index in [0.29, 0.717) is 25.4 Å². The average Bonchev–Trinajstić information content (AvgIpc) is 3.70. The van der Waals surface area contributed by atoms with Crippen molar-refractivity contribution >= 4 is 11.9 Å². The highest BCUT2D eigenvalue weighted by Gasteiger charge is 2.54. The summed E-state index contributed by atoms with van der Waals surface area (Å²) in [5, 5.41) is 0. The topological polar surface area (TPSA) is 65.1 Å². The molecule has 2 aliphatic carbocycles. The van der Waals surface area contributed by atoms with Crippen molar-refractivity contribution in [3.8, 4) is 11.5 Å². The minimum atomic E-state index is -0.439. The van der Waals surface area contributed by atoms with Gasteiger partial charge in [0, 0.05) is 13.1 Å². The summed E-state index contributed by atoms with van der Waals surface area (Å²) >= 11 is 0. The third kappa shape index (κ3) is 3.87. The number of hydrogen-bond acceptors (Lipinski definition) is 5. The smallest absolute Gasteiger partial charge is 0.309 e. The molecule has 0 N–H and O–H groups in total. The van der Waals surface area contributed by atoms with Crippen molar-refractivity contribution in [2.75, 3.05) is 19.9 Å². The molecule has 2 aromatic carbocycles. The molecule has 1 heterocycles. The lowest BCUT2D eigenvalue weighted by molar-refractivity contribution is -0.145. The molecular formula is C25H27NO5. The second kappa shape index (κ2) is 7.91. The van der Waals surface area contributed by atoms with E-state index in [1.54, 1.807) is 0 Å². The second-order valence-electron chi connectivity index (χ2n) is 8.68. The summed E-state index contributed by atoms with van der Waals surface area (Å²) in [5.74, 6) is 1.50. The van der Waals surface area contributed by atoms with Gasteiger partial charge in [-0.25, -0.2) is 0 Å². The largest absolute Gasteiger partial charge is 0.466 e. The number of amides is 1. The SMILES string of the molecule is CCOC(=O)[C@H]1C[C@@H]1CN(Cc1ccc2c(c1)OCO2)C(=O)C1(c2ccccc2)CC1. The highest BCUT2D eigenvalue weighted by Crippen LogP contribution is 2.50. The summed E-state index contributed by atoms with van der Waals surface area (Å²) in [5.41, 5.74) is 1.63. The fraction of sp³-hybridized carbons (Fsp3) is 0.440. The van der Waals surface area contributed by atoms with Crippen LogP contribution in [0.15, 0.2) is 48.5 Å². The lowest BCUT2D eigenvalue weighted by Gasteiger charge is -2.28. The van der Waals surface area contributed by atoms with E-state index in [1.807, 2.05) is 60.4 Å². The van der Waals surface area contributed by atoms with Crippen molar-refractivity contribution in [1.29, 1.82) is 0 Å². The molecule has 0 radical (unpaired) electrons. The number of nitrogens with zero attached hydrogens (tertiary/aromatic N) is 1. The third-order valence-corrected chi connectivity index (χ3v) is 6.55. The fourth-order valence-corrected chi connectivity index (χ4v) is 4.56. The lowest BCUT2D eigenvalue weighted by atomic mass is 9.94. The van der Waals surface area contributed by atoms with Crippen LogP contribution in [-0.2, 0) is 26.3 Å². The fourth-order valence-electron chi connectivity index (χ4n) is 4.56. The van der Waals surface area contributed by atoms with Crippen molar-refractivity contribution in [3.05, 3.63) is 59.7 Å². The number of benzene rings is 2. The Hall–Kier alpha value is -3.02. The maximum absolute atomic E-state index is 13.8. The van der Waals surface area contributed by atoms with Gasteiger partial charge >= 0.3 is 5.97 Å². The molecule has 2 fully saturated rings. The van der Waals surface area contributed by atoms with Crippen molar-refractivity contribution in [3.63, 3.8) is 0 Å². The lowest BCUT2D eigenvalue weighted by Crippen LogP contribution is -2.40. The summed E-state index contributed by atoms with van der Waals surface area (Å²) in [6, 6.07) is 15.9. The zero-order valence-corrected chi connectivity index (χ0v) is 17.7. The number of hydrogen-bond donors (Lipinski definition) is 0. The van der Waals surface area contributed by atoms with E-state index >= 15 is 0 Å². The van der Waals surface area contributed by atoms with E-state index in [4.69, 9.17) is 14.2 Å². The number of esters is 1. The standard InChI is InChI=1S/C25H27NO5/c1-2-29-23(27)20-13-18(20)15-26(14-17-8-9-21-22(12-17)31-16-30-21)24(28)25(10-11-25)19-6-4-3-5-7-19/h3-9,12,18,20H,2,10-11,13-16H2,1H3/t18-,20+/m1/s1. The number of ether oxygens (including phenoxy) is 3. The zero-order valence-electron chi connectivity index (χ0n) is 17.7. The van der Waals surface area contributed by atoms with Crippen molar-refractivity contribution < 1.29 is 23.8 Å². The summed E-state index contributed by atoms with van der Waals surface area (Å²) < 4.78 is 16.1. The maximum Gasteiger partial charge on any atom is 0.309 e. The van der Waals surface area contributed by atoms with Crippen LogP contribution in [0.1, 0.15) is 37.3 Å². The molecule has 3 aliphatic rings.